The average molecular weight is 499 g/mol. The number of imidazole rings is 1. The lowest BCUT2D eigenvalue weighted by atomic mass is 10.2. The van der Waals surface area contributed by atoms with Gasteiger partial charge < -0.3 is 14.6 Å². The predicted molar refractivity (Wildman–Crippen MR) is 134 cm³/mol. The zero-order chi connectivity index (χ0) is 24.9. The molecule has 35 heavy (non-hydrogen) atoms. The second kappa shape index (κ2) is 10.9. The number of fused-ring (bicyclic) bond motifs is 1. The van der Waals surface area contributed by atoms with Crippen LogP contribution < -0.4 is 16.0 Å². The number of ether oxygens (including phenoxy) is 2. The lowest BCUT2D eigenvalue weighted by molar-refractivity contribution is 0.0858. The molecule has 1 N–H and O–H groups in total. The van der Waals surface area contributed by atoms with Crippen LogP contribution >= 0.6 is 11.6 Å². The summed E-state index contributed by atoms with van der Waals surface area (Å²) >= 11 is 6.05. The summed E-state index contributed by atoms with van der Waals surface area (Å²) < 4.78 is 15.5. The van der Waals surface area contributed by atoms with Crippen LogP contribution in [-0.2, 0) is 31.3 Å². The summed E-state index contributed by atoms with van der Waals surface area (Å²) in [5.41, 5.74) is 1.45. The molecule has 2 aromatic heterocycles. The molecule has 0 atom stereocenters. The van der Waals surface area contributed by atoms with Crippen LogP contribution in [0.1, 0.15) is 18.1 Å². The first-order valence-electron chi connectivity index (χ1n) is 11.3. The van der Waals surface area contributed by atoms with Crippen molar-refractivity contribution in [2.24, 2.45) is 7.05 Å². The van der Waals surface area contributed by atoms with Gasteiger partial charge in [0.05, 0.1) is 32.9 Å². The number of aliphatic hydroxyl groups is 1. The van der Waals surface area contributed by atoms with Gasteiger partial charge in [-0.3, -0.25) is 18.5 Å². The van der Waals surface area contributed by atoms with E-state index in [0.717, 1.165) is 22.1 Å². The molecule has 2 aromatic carbocycles. The van der Waals surface area contributed by atoms with Crippen molar-refractivity contribution in [3.8, 4) is 11.8 Å². The SMILES string of the molecule is CCc1cccc(Oc2nc3c(c(=O)n(CCOCCO)c(=O)n3C)n2Cc2ccc(Cl)cc2)c1. The number of rotatable bonds is 10. The van der Waals surface area contributed by atoms with Crippen molar-refractivity contribution >= 4 is 22.8 Å². The standard InChI is InChI=1S/C25H27ClN4O5/c1-3-17-5-4-6-20(15-17)35-24-27-22-21(30(24)16-18-7-9-19(26)10-8-18)23(32)29(25(33)28(22)2)11-13-34-14-12-31/h4-10,15,31H,3,11-14,16H2,1-2H3. The van der Waals surface area contributed by atoms with Crippen molar-refractivity contribution < 1.29 is 14.6 Å². The molecule has 0 fully saturated rings. The van der Waals surface area contributed by atoms with E-state index < -0.39 is 11.2 Å². The van der Waals surface area contributed by atoms with Crippen LogP contribution in [0.5, 0.6) is 11.8 Å². The predicted octanol–water partition coefficient (Wildman–Crippen LogP) is 2.96. The van der Waals surface area contributed by atoms with Crippen molar-refractivity contribution in [2.75, 3.05) is 19.8 Å². The fourth-order valence-electron chi connectivity index (χ4n) is 3.80. The van der Waals surface area contributed by atoms with Gasteiger partial charge in [0.15, 0.2) is 11.2 Å². The normalized spacial score (nSPS) is 11.3. The van der Waals surface area contributed by atoms with Crippen LogP contribution in [0, 0.1) is 0 Å². The number of nitrogens with zero attached hydrogens (tertiary/aromatic N) is 4. The van der Waals surface area contributed by atoms with Gasteiger partial charge in [-0.1, -0.05) is 42.8 Å². The molecular formula is C25H27ClN4O5. The van der Waals surface area contributed by atoms with E-state index >= 15 is 0 Å². The van der Waals surface area contributed by atoms with E-state index in [4.69, 9.17) is 26.2 Å². The molecule has 2 heterocycles. The van der Waals surface area contributed by atoms with Crippen LogP contribution in [0.25, 0.3) is 11.2 Å². The van der Waals surface area contributed by atoms with Gasteiger partial charge in [0.1, 0.15) is 5.75 Å². The number of hydrogen-bond acceptors (Lipinski definition) is 6. The van der Waals surface area contributed by atoms with E-state index in [-0.39, 0.29) is 50.1 Å². The summed E-state index contributed by atoms with van der Waals surface area (Å²) in [6.07, 6.45) is 0.843. The Morgan fingerprint density at radius 2 is 1.80 bits per heavy atom. The molecule has 0 bridgehead atoms. The van der Waals surface area contributed by atoms with Gasteiger partial charge in [-0.15, -0.1) is 0 Å². The molecule has 0 amide bonds. The van der Waals surface area contributed by atoms with Gasteiger partial charge in [-0.05, 0) is 41.8 Å². The fourth-order valence-corrected chi connectivity index (χ4v) is 3.93. The first-order chi connectivity index (χ1) is 16.9. The minimum atomic E-state index is -0.509. The van der Waals surface area contributed by atoms with Gasteiger partial charge in [-0.2, -0.15) is 4.98 Å². The summed E-state index contributed by atoms with van der Waals surface area (Å²) in [6, 6.07) is 15.1. The highest BCUT2D eigenvalue weighted by Gasteiger charge is 2.22. The highest BCUT2D eigenvalue weighted by Crippen LogP contribution is 2.26. The molecule has 9 nitrogen and oxygen atoms in total. The first kappa shape index (κ1) is 24.7. The van der Waals surface area contributed by atoms with Crippen molar-refractivity contribution in [1.82, 2.24) is 18.7 Å². The molecule has 0 aliphatic rings. The molecule has 0 aliphatic heterocycles. The van der Waals surface area contributed by atoms with E-state index in [2.05, 4.69) is 11.9 Å². The maximum absolute atomic E-state index is 13.5. The lowest BCUT2D eigenvalue weighted by Crippen LogP contribution is -2.40. The molecule has 0 saturated carbocycles. The third-order valence-electron chi connectivity index (χ3n) is 5.66. The molecule has 0 aliphatic carbocycles. The minimum Gasteiger partial charge on any atom is -0.425 e. The molecule has 4 rings (SSSR count). The zero-order valence-corrected chi connectivity index (χ0v) is 20.4. The lowest BCUT2D eigenvalue weighted by Gasteiger charge is -2.12. The number of aliphatic hydroxyl groups excluding tert-OH is 1. The van der Waals surface area contributed by atoms with Crippen molar-refractivity contribution in [3.05, 3.63) is 85.5 Å². The Labute approximate surface area is 206 Å². The van der Waals surface area contributed by atoms with Gasteiger partial charge in [0.25, 0.3) is 5.56 Å². The Bertz CT molecular complexity index is 1440. The van der Waals surface area contributed by atoms with Crippen molar-refractivity contribution in [1.29, 1.82) is 0 Å². The van der Waals surface area contributed by atoms with Gasteiger partial charge in [0, 0.05) is 12.1 Å². The molecule has 184 valence electrons. The summed E-state index contributed by atoms with van der Waals surface area (Å²) in [7, 11) is 1.57. The molecule has 0 unspecified atom stereocenters. The third kappa shape index (κ3) is 5.32. The zero-order valence-electron chi connectivity index (χ0n) is 19.6. The Morgan fingerprint density at radius 3 is 2.51 bits per heavy atom. The average Bonchev–Trinajstić information content (AvgIpc) is 3.21. The summed E-state index contributed by atoms with van der Waals surface area (Å²) in [6.45, 7) is 2.48. The summed E-state index contributed by atoms with van der Waals surface area (Å²) in [5.74, 6) is 0.583. The molecule has 0 saturated heterocycles. The van der Waals surface area contributed by atoms with E-state index in [9.17, 15) is 9.59 Å². The van der Waals surface area contributed by atoms with Crippen LogP contribution in [0.2, 0.25) is 5.02 Å². The van der Waals surface area contributed by atoms with E-state index in [0.29, 0.717) is 10.8 Å². The number of aryl methyl sites for hydroxylation is 2. The first-order valence-corrected chi connectivity index (χ1v) is 11.7. The Morgan fingerprint density at radius 1 is 1.03 bits per heavy atom. The molecule has 10 heteroatoms. The molecule has 0 radical (unpaired) electrons. The number of hydrogen-bond donors (Lipinski definition) is 1. The van der Waals surface area contributed by atoms with Crippen LogP contribution in [0.15, 0.2) is 58.1 Å². The number of aromatic nitrogens is 4. The largest absolute Gasteiger partial charge is 0.425 e. The van der Waals surface area contributed by atoms with Crippen LogP contribution in [0.3, 0.4) is 0 Å². The monoisotopic (exact) mass is 498 g/mol. The van der Waals surface area contributed by atoms with Gasteiger partial charge in [0.2, 0.25) is 0 Å². The van der Waals surface area contributed by atoms with Crippen molar-refractivity contribution in [3.63, 3.8) is 0 Å². The van der Waals surface area contributed by atoms with E-state index in [1.54, 1.807) is 23.7 Å². The Balaban J connectivity index is 1.86. The number of halogens is 1. The summed E-state index contributed by atoms with van der Waals surface area (Å²) in [5, 5.41) is 9.52. The van der Waals surface area contributed by atoms with Crippen molar-refractivity contribution in [2.45, 2.75) is 26.4 Å². The highest BCUT2D eigenvalue weighted by molar-refractivity contribution is 6.30. The smallest absolute Gasteiger partial charge is 0.332 e. The minimum absolute atomic E-state index is 0.0440. The molecular weight excluding hydrogens is 472 g/mol. The summed E-state index contributed by atoms with van der Waals surface area (Å²) in [4.78, 5) is 31.0. The quantitative estimate of drug-likeness (QED) is 0.337. The third-order valence-corrected chi connectivity index (χ3v) is 5.91. The van der Waals surface area contributed by atoms with E-state index in [1.165, 1.54) is 4.57 Å². The second-order valence-electron chi connectivity index (χ2n) is 8.02. The molecule has 0 spiro atoms. The maximum atomic E-state index is 13.5. The van der Waals surface area contributed by atoms with E-state index in [1.807, 2.05) is 36.4 Å². The Kier molecular flexibility index (Phi) is 7.70. The van der Waals surface area contributed by atoms with Crippen LogP contribution in [0.4, 0.5) is 0 Å². The fraction of sp³-hybridized carbons (Fsp3) is 0.320. The number of benzene rings is 2. The maximum Gasteiger partial charge on any atom is 0.332 e. The van der Waals surface area contributed by atoms with Crippen LogP contribution in [-0.4, -0.2) is 43.6 Å². The highest BCUT2D eigenvalue weighted by atomic mass is 35.5. The second-order valence-corrected chi connectivity index (χ2v) is 8.45. The molecule has 4 aromatic rings. The Hall–Kier alpha value is -3.40. The topological polar surface area (TPSA) is 101 Å². The van der Waals surface area contributed by atoms with Gasteiger partial charge in [-0.25, -0.2) is 4.79 Å². The van der Waals surface area contributed by atoms with Gasteiger partial charge >= 0.3 is 11.7 Å².